The Kier molecular flexibility index (Phi) is 4.37. The molecule has 0 radical (unpaired) electrons. The molecule has 128 valence electrons. The zero-order valence-electron chi connectivity index (χ0n) is 13.8. The third kappa shape index (κ3) is 3.17. The van der Waals surface area contributed by atoms with E-state index >= 15 is 0 Å². The van der Waals surface area contributed by atoms with Crippen molar-refractivity contribution in [2.24, 2.45) is 0 Å². The van der Waals surface area contributed by atoms with E-state index in [1.807, 2.05) is 59.1 Å². The number of fused-ring (bicyclic) bond motifs is 1. The highest BCUT2D eigenvalue weighted by Crippen LogP contribution is 2.26. The van der Waals surface area contributed by atoms with Gasteiger partial charge in [0.1, 0.15) is 5.65 Å². The summed E-state index contributed by atoms with van der Waals surface area (Å²) >= 11 is 6.00. The van der Waals surface area contributed by atoms with Crippen LogP contribution in [0.5, 0.6) is 0 Å². The Balaban J connectivity index is 1.73. The maximum Gasteiger partial charge on any atom is 0.272 e. The lowest BCUT2D eigenvalue weighted by Gasteiger charge is -2.07. The molecule has 3 heterocycles. The fraction of sp³-hybridized carbons (Fsp3) is 0.0500. The van der Waals surface area contributed by atoms with Crippen molar-refractivity contribution >= 4 is 23.2 Å². The lowest BCUT2D eigenvalue weighted by Crippen LogP contribution is -2.24. The number of amides is 1. The highest BCUT2D eigenvalue weighted by Gasteiger charge is 2.20. The molecule has 0 aliphatic rings. The van der Waals surface area contributed by atoms with Gasteiger partial charge in [0.05, 0.1) is 17.9 Å². The van der Waals surface area contributed by atoms with Gasteiger partial charge < -0.3 is 5.32 Å². The summed E-state index contributed by atoms with van der Waals surface area (Å²) in [5, 5.41) is 3.54. The molecule has 4 aromatic rings. The quantitative estimate of drug-likeness (QED) is 0.597. The standard InChI is InChI=1S/C20H15ClN4O/c21-15-9-7-14(8-10-15)19-18(24-17-6-2-4-12-25(17)19)20(26)23-13-16-5-1-3-11-22-16/h1-12H,13H2,(H,23,26). The number of carbonyl (C=O) groups excluding carboxylic acids is 1. The summed E-state index contributed by atoms with van der Waals surface area (Å²) in [5.74, 6) is -0.246. The zero-order valence-corrected chi connectivity index (χ0v) is 14.5. The molecule has 0 saturated carbocycles. The van der Waals surface area contributed by atoms with Crippen LogP contribution in [0.3, 0.4) is 0 Å². The minimum atomic E-state index is -0.246. The van der Waals surface area contributed by atoms with Gasteiger partial charge in [-0.15, -0.1) is 0 Å². The maximum absolute atomic E-state index is 12.8. The first-order valence-corrected chi connectivity index (χ1v) is 8.51. The van der Waals surface area contributed by atoms with Gasteiger partial charge in [0.25, 0.3) is 5.91 Å². The van der Waals surface area contributed by atoms with Crippen molar-refractivity contribution < 1.29 is 4.79 Å². The van der Waals surface area contributed by atoms with Crippen molar-refractivity contribution in [1.29, 1.82) is 0 Å². The molecule has 0 spiro atoms. The zero-order chi connectivity index (χ0) is 17.9. The summed E-state index contributed by atoms with van der Waals surface area (Å²) in [4.78, 5) is 21.6. The summed E-state index contributed by atoms with van der Waals surface area (Å²) in [6, 6.07) is 18.6. The molecule has 1 aromatic carbocycles. The summed E-state index contributed by atoms with van der Waals surface area (Å²) in [6.07, 6.45) is 3.59. The molecule has 1 amide bonds. The van der Waals surface area contributed by atoms with Crippen LogP contribution in [0.4, 0.5) is 0 Å². The van der Waals surface area contributed by atoms with Crippen LogP contribution in [0.15, 0.2) is 73.1 Å². The molecule has 5 nitrogen and oxygen atoms in total. The van der Waals surface area contributed by atoms with E-state index in [1.54, 1.807) is 18.3 Å². The summed E-state index contributed by atoms with van der Waals surface area (Å²) in [7, 11) is 0. The minimum absolute atomic E-state index is 0.246. The predicted molar refractivity (Wildman–Crippen MR) is 101 cm³/mol. The molecule has 0 saturated heterocycles. The molecule has 0 aliphatic carbocycles. The number of carbonyl (C=O) groups is 1. The third-order valence-electron chi connectivity index (χ3n) is 4.02. The fourth-order valence-electron chi connectivity index (χ4n) is 2.79. The van der Waals surface area contributed by atoms with E-state index in [1.165, 1.54) is 0 Å². The van der Waals surface area contributed by atoms with Crippen molar-refractivity contribution in [2.75, 3.05) is 0 Å². The number of benzene rings is 1. The first-order chi connectivity index (χ1) is 12.7. The Morgan fingerprint density at radius 1 is 1.04 bits per heavy atom. The monoisotopic (exact) mass is 362 g/mol. The van der Waals surface area contributed by atoms with Gasteiger partial charge in [-0.05, 0) is 36.4 Å². The van der Waals surface area contributed by atoms with Gasteiger partial charge in [-0.1, -0.05) is 35.9 Å². The second kappa shape index (κ2) is 6.98. The SMILES string of the molecule is O=C(NCc1ccccn1)c1nc2ccccn2c1-c1ccc(Cl)cc1. The van der Waals surface area contributed by atoms with Crippen LogP contribution in [-0.4, -0.2) is 20.3 Å². The Hall–Kier alpha value is -3.18. The number of nitrogens with zero attached hydrogens (tertiary/aromatic N) is 3. The van der Waals surface area contributed by atoms with E-state index in [0.717, 1.165) is 17.0 Å². The fourth-order valence-corrected chi connectivity index (χ4v) is 2.92. The molecule has 0 atom stereocenters. The topological polar surface area (TPSA) is 59.3 Å². The molecule has 0 bridgehead atoms. The Bertz CT molecular complexity index is 1060. The lowest BCUT2D eigenvalue weighted by atomic mass is 10.1. The third-order valence-corrected chi connectivity index (χ3v) is 4.27. The summed E-state index contributed by atoms with van der Waals surface area (Å²) in [5.41, 5.74) is 3.47. The van der Waals surface area contributed by atoms with E-state index < -0.39 is 0 Å². The summed E-state index contributed by atoms with van der Waals surface area (Å²) in [6.45, 7) is 0.341. The predicted octanol–water partition coefficient (Wildman–Crippen LogP) is 3.98. The molecular weight excluding hydrogens is 348 g/mol. The molecule has 4 rings (SSSR count). The number of rotatable bonds is 4. The van der Waals surface area contributed by atoms with Crippen molar-refractivity contribution in [1.82, 2.24) is 19.7 Å². The minimum Gasteiger partial charge on any atom is -0.345 e. The van der Waals surface area contributed by atoms with E-state index in [4.69, 9.17) is 11.6 Å². The van der Waals surface area contributed by atoms with Crippen molar-refractivity contribution in [3.63, 3.8) is 0 Å². The highest BCUT2D eigenvalue weighted by atomic mass is 35.5. The van der Waals surface area contributed by atoms with Gasteiger partial charge in [0.15, 0.2) is 5.69 Å². The van der Waals surface area contributed by atoms with E-state index in [-0.39, 0.29) is 5.91 Å². The number of imidazole rings is 1. The van der Waals surface area contributed by atoms with E-state index in [9.17, 15) is 4.79 Å². The van der Waals surface area contributed by atoms with Crippen molar-refractivity contribution in [3.05, 3.63) is 89.5 Å². The molecule has 6 heteroatoms. The molecule has 26 heavy (non-hydrogen) atoms. The molecular formula is C20H15ClN4O. The van der Waals surface area contributed by atoms with Crippen LogP contribution in [0.2, 0.25) is 5.02 Å². The Morgan fingerprint density at radius 2 is 1.85 bits per heavy atom. The van der Waals surface area contributed by atoms with Gasteiger partial charge in [-0.25, -0.2) is 4.98 Å². The number of halogens is 1. The van der Waals surface area contributed by atoms with E-state index in [0.29, 0.717) is 22.9 Å². The maximum atomic E-state index is 12.8. The molecule has 0 unspecified atom stereocenters. The normalized spacial score (nSPS) is 10.8. The molecule has 1 N–H and O–H groups in total. The van der Waals surface area contributed by atoms with Gasteiger partial charge >= 0.3 is 0 Å². The van der Waals surface area contributed by atoms with Gasteiger partial charge in [0, 0.05) is 23.0 Å². The van der Waals surface area contributed by atoms with Crippen LogP contribution >= 0.6 is 11.6 Å². The Labute approximate surface area is 155 Å². The number of hydrogen-bond donors (Lipinski definition) is 1. The Morgan fingerprint density at radius 3 is 2.62 bits per heavy atom. The lowest BCUT2D eigenvalue weighted by molar-refractivity contribution is 0.0946. The summed E-state index contributed by atoms with van der Waals surface area (Å²) < 4.78 is 1.90. The second-order valence-corrected chi connectivity index (χ2v) is 6.18. The first kappa shape index (κ1) is 16.3. The first-order valence-electron chi connectivity index (χ1n) is 8.13. The largest absolute Gasteiger partial charge is 0.345 e. The number of hydrogen-bond acceptors (Lipinski definition) is 3. The van der Waals surface area contributed by atoms with Crippen LogP contribution in [-0.2, 0) is 6.54 Å². The number of pyridine rings is 2. The van der Waals surface area contributed by atoms with E-state index in [2.05, 4.69) is 15.3 Å². The highest BCUT2D eigenvalue weighted by molar-refractivity contribution is 6.30. The number of aromatic nitrogens is 3. The molecule has 3 aromatic heterocycles. The van der Waals surface area contributed by atoms with Gasteiger partial charge in [0.2, 0.25) is 0 Å². The van der Waals surface area contributed by atoms with Crippen LogP contribution in [0.1, 0.15) is 16.2 Å². The number of nitrogens with one attached hydrogen (secondary N) is 1. The van der Waals surface area contributed by atoms with Crippen LogP contribution in [0, 0.1) is 0 Å². The average Bonchev–Trinajstić information content (AvgIpc) is 3.07. The van der Waals surface area contributed by atoms with Gasteiger partial charge in [-0.3, -0.25) is 14.2 Å². The molecule has 0 aliphatic heterocycles. The second-order valence-electron chi connectivity index (χ2n) is 5.75. The van der Waals surface area contributed by atoms with Gasteiger partial charge in [-0.2, -0.15) is 0 Å². The van der Waals surface area contributed by atoms with Crippen molar-refractivity contribution in [2.45, 2.75) is 6.54 Å². The average molecular weight is 363 g/mol. The van der Waals surface area contributed by atoms with Crippen LogP contribution in [0.25, 0.3) is 16.9 Å². The van der Waals surface area contributed by atoms with Crippen LogP contribution < -0.4 is 5.32 Å². The molecule has 0 fully saturated rings. The van der Waals surface area contributed by atoms with Crippen molar-refractivity contribution in [3.8, 4) is 11.3 Å². The smallest absolute Gasteiger partial charge is 0.272 e.